The molecule has 11 heteroatoms. The fourth-order valence-corrected chi connectivity index (χ4v) is 3.78. The van der Waals surface area contributed by atoms with Crippen LogP contribution in [0.3, 0.4) is 0 Å². The number of aliphatic carboxylic acids is 1. The van der Waals surface area contributed by atoms with Crippen molar-refractivity contribution in [1.29, 1.82) is 0 Å². The van der Waals surface area contributed by atoms with Crippen LogP contribution < -0.4 is 4.74 Å². The second-order valence-corrected chi connectivity index (χ2v) is 7.57. The number of hydrogen-bond acceptors (Lipinski definition) is 5. The molecule has 0 bridgehead atoms. The van der Waals surface area contributed by atoms with Gasteiger partial charge >= 0.3 is 18.2 Å². The lowest BCUT2D eigenvalue weighted by Crippen LogP contribution is -2.69. The van der Waals surface area contributed by atoms with Gasteiger partial charge in [0.25, 0.3) is 0 Å². The van der Waals surface area contributed by atoms with Crippen LogP contribution in [0.25, 0.3) is 0 Å². The molecule has 3 saturated heterocycles. The highest BCUT2D eigenvalue weighted by molar-refractivity contribution is 5.76. The first-order valence-corrected chi connectivity index (χ1v) is 9.74. The largest absolute Gasteiger partial charge is 0.490 e. The third-order valence-electron chi connectivity index (χ3n) is 5.22. The van der Waals surface area contributed by atoms with Gasteiger partial charge in [-0.05, 0) is 18.9 Å². The number of hydrogen-bond donors (Lipinski definition) is 1. The van der Waals surface area contributed by atoms with Crippen molar-refractivity contribution in [3.05, 3.63) is 24.4 Å². The molecule has 8 nitrogen and oxygen atoms in total. The lowest BCUT2D eigenvalue weighted by atomic mass is 9.85. The summed E-state index contributed by atoms with van der Waals surface area (Å²) < 4.78 is 43.7. The second kappa shape index (κ2) is 9.07. The molecular weight excluding hydrogens is 407 g/mol. The first-order chi connectivity index (χ1) is 14.2. The lowest BCUT2D eigenvalue weighted by molar-refractivity contribution is -0.192. The quantitative estimate of drug-likeness (QED) is 0.774. The number of ether oxygens (including phenoxy) is 2. The maximum atomic E-state index is 12.4. The molecule has 3 aliphatic heterocycles. The van der Waals surface area contributed by atoms with E-state index in [0.717, 1.165) is 38.8 Å². The third-order valence-corrected chi connectivity index (χ3v) is 5.22. The van der Waals surface area contributed by atoms with Gasteiger partial charge in [0.15, 0.2) is 0 Å². The van der Waals surface area contributed by atoms with Crippen LogP contribution in [0.5, 0.6) is 5.88 Å². The molecule has 1 aromatic heterocycles. The van der Waals surface area contributed by atoms with E-state index in [1.165, 1.54) is 0 Å². The number of halogens is 3. The minimum atomic E-state index is -5.08. The molecule has 3 aliphatic rings. The third kappa shape index (κ3) is 5.53. The van der Waals surface area contributed by atoms with Gasteiger partial charge in [-0.3, -0.25) is 0 Å². The number of carboxylic acid groups (broad SMARTS) is 1. The zero-order valence-electron chi connectivity index (χ0n) is 16.3. The molecule has 0 saturated carbocycles. The fourth-order valence-electron chi connectivity index (χ4n) is 3.78. The Kier molecular flexibility index (Phi) is 6.69. The minimum absolute atomic E-state index is 0.114. The molecular formula is C19H24F3N3O5. The minimum Gasteiger partial charge on any atom is -0.475 e. The molecule has 1 aromatic rings. The van der Waals surface area contributed by atoms with E-state index in [0.29, 0.717) is 25.6 Å². The van der Waals surface area contributed by atoms with Gasteiger partial charge in [-0.2, -0.15) is 13.2 Å². The average Bonchev–Trinajstić information content (AvgIpc) is 3.21. The predicted octanol–water partition coefficient (Wildman–Crippen LogP) is 2.54. The van der Waals surface area contributed by atoms with Crippen LogP contribution in [0, 0.1) is 0 Å². The zero-order valence-corrected chi connectivity index (χ0v) is 16.3. The van der Waals surface area contributed by atoms with E-state index < -0.39 is 12.1 Å². The SMILES string of the molecule is O=C(N1CCCC1)N1CC2(CC(Oc3ccccn3)CCO2)C1.O=C(O)C(F)(F)F. The van der Waals surface area contributed by atoms with Crippen LogP contribution in [0.4, 0.5) is 18.0 Å². The maximum Gasteiger partial charge on any atom is 0.490 e. The van der Waals surface area contributed by atoms with E-state index in [1.807, 2.05) is 28.0 Å². The summed E-state index contributed by atoms with van der Waals surface area (Å²) in [6.07, 6.45) is 0.723. The van der Waals surface area contributed by atoms with Gasteiger partial charge in [0.05, 0.1) is 19.7 Å². The summed E-state index contributed by atoms with van der Waals surface area (Å²) in [6, 6.07) is 5.86. The summed E-state index contributed by atoms with van der Waals surface area (Å²) in [4.78, 5) is 29.4. The Labute approximate surface area is 171 Å². The van der Waals surface area contributed by atoms with Crippen molar-refractivity contribution in [2.45, 2.75) is 43.6 Å². The van der Waals surface area contributed by atoms with Crippen molar-refractivity contribution in [3.8, 4) is 5.88 Å². The molecule has 30 heavy (non-hydrogen) atoms. The number of carboxylic acids is 1. The Morgan fingerprint density at radius 2 is 1.87 bits per heavy atom. The van der Waals surface area contributed by atoms with Crippen molar-refractivity contribution >= 4 is 12.0 Å². The van der Waals surface area contributed by atoms with E-state index in [9.17, 15) is 18.0 Å². The Hall–Kier alpha value is -2.56. The monoisotopic (exact) mass is 431 g/mol. The number of rotatable bonds is 2. The first kappa shape index (κ1) is 22.1. The van der Waals surface area contributed by atoms with Crippen molar-refractivity contribution < 1.29 is 37.3 Å². The standard InChI is InChI=1S/C17H23N3O3.C2HF3O2/c21-16(19-8-3-4-9-19)20-12-17(13-20)11-14(6-10-22-17)23-15-5-1-2-7-18-15;3-2(4,5)1(6)7/h1-2,5,7,14H,3-4,6,8-13H2;(H,6,7). The molecule has 166 valence electrons. The Morgan fingerprint density at radius 1 is 1.20 bits per heavy atom. The summed E-state index contributed by atoms with van der Waals surface area (Å²) in [7, 11) is 0. The molecule has 4 heterocycles. The zero-order chi connectivity index (χ0) is 21.8. The van der Waals surface area contributed by atoms with Crippen LogP contribution in [0.2, 0.25) is 0 Å². The second-order valence-electron chi connectivity index (χ2n) is 7.57. The highest BCUT2D eigenvalue weighted by Gasteiger charge is 2.50. The van der Waals surface area contributed by atoms with E-state index in [2.05, 4.69) is 4.98 Å². The number of carbonyl (C=O) groups excluding carboxylic acids is 1. The number of carbonyl (C=O) groups is 2. The molecule has 3 fully saturated rings. The number of aromatic nitrogens is 1. The summed E-state index contributed by atoms with van der Waals surface area (Å²) in [5.41, 5.74) is -0.215. The van der Waals surface area contributed by atoms with Crippen LogP contribution >= 0.6 is 0 Å². The summed E-state index contributed by atoms with van der Waals surface area (Å²) >= 11 is 0. The topological polar surface area (TPSA) is 92.2 Å². The smallest absolute Gasteiger partial charge is 0.475 e. The Balaban J connectivity index is 0.000000318. The molecule has 0 aliphatic carbocycles. The Morgan fingerprint density at radius 3 is 2.43 bits per heavy atom. The van der Waals surface area contributed by atoms with Gasteiger partial charge in [-0.15, -0.1) is 0 Å². The number of nitrogens with zero attached hydrogens (tertiary/aromatic N) is 3. The highest BCUT2D eigenvalue weighted by Crippen LogP contribution is 2.36. The van der Waals surface area contributed by atoms with Crippen LogP contribution in [-0.4, -0.2) is 82.6 Å². The van der Waals surface area contributed by atoms with Gasteiger partial charge < -0.3 is 24.4 Å². The van der Waals surface area contributed by atoms with Gasteiger partial charge in [-0.25, -0.2) is 14.6 Å². The van der Waals surface area contributed by atoms with Crippen molar-refractivity contribution in [3.63, 3.8) is 0 Å². The fraction of sp³-hybridized carbons (Fsp3) is 0.632. The van der Waals surface area contributed by atoms with E-state index in [4.69, 9.17) is 19.4 Å². The molecule has 1 spiro atoms. The van der Waals surface area contributed by atoms with Gasteiger partial charge in [-0.1, -0.05) is 6.07 Å². The van der Waals surface area contributed by atoms with Gasteiger partial charge in [0.1, 0.15) is 11.7 Å². The summed E-state index contributed by atoms with van der Waals surface area (Å²) in [6.45, 7) is 3.85. The number of amides is 2. The van der Waals surface area contributed by atoms with E-state index in [-0.39, 0.29) is 17.7 Å². The molecule has 1 atom stereocenters. The number of pyridine rings is 1. The van der Waals surface area contributed by atoms with Crippen LogP contribution in [0.15, 0.2) is 24.4 Å². The average molecular weight is 431 g/mol. The number of alkyl halides is 3. The summed E-state index contributed by atoms with van der Waals surface area (Å²) in [5, 5.41) is 7.12. The molecule has 4 rings (SSSR count). The molecule has 0 aromatic carbocycles. The predicted molar refractivity (Wildman–Crippen MR) is 98.0 cm³/mol. The van der Waals surface area contributed by atoms with Crippen molar-refractivity contribution in [2.75, 3.05) is 32.8 Å². The molecule has 1 N–H and O–H groups in total. The van der Waals surface area contributed by atoms with E-state index >= 15 is 0 Å². The molecule has 2 amide bonds. The summed E-state index contributed by atoms with van der Waals surface area (Å²) in [5.74, 6) is -2.09. The Bertz CT molecular complexity index is 735. The molecule has 0 radical (unpaired) electrons. The van der Waals surface area contributed by atoms with Crippen LogP contribution in [-0.2, 0) is 9.53 Å². The lowest BCUT2D eigenvalue weighted by Gasteiger charge is -2.53. The maximum absolute atomic E-state index is 12.4. The molecule has 1 unspecified atom stereocenters. The van der Waals surface area contributed by atoms with Crippen LogP contribution in [0.1, 0.15) is 25.7 Å². The number of urea groups is 1. The first-order valence-electron chi connectivity index (χ1n) is 9.74. The van der Waals surface area contributed by atoms with Gasteiger partial charge in [0.2, 0.25) is 5.88 Å². The van der Waals surface area contributed by atoms with Gasteiger partial charge in [0, 0.05) is 38.2 Å². The number of likely N-dealkylation sites (tertiary alicyclic amines) is 2. The van der Waals surface area contributed by atoms with E-state index in [1.54, 1.807) is 6.20 Å². The van der Waals surface area contributed by atoms with Crippen molar-refractivity contribution in [1.82, 2.24) is 14.8 Å². The highest BCUT2D eigenvalue weighted by atomic mass is 19.4. The normalized spacial score (nSPS) is 22.7. The van der Waals surface area contributed by atoms with Crippen molar-refractivity contribution in [2.24, 2.45) is 0 Å².